The minimum atomic E-state index is -1.15. The van der Waals surface area contributed by atoms with E-state index >= 15 is 0 Å². The third-order valence-corrected chi connectivity index (χ3v) is 5.24. The molecule has 0 spiro atoms. The van der Waals surface area contributed by atoms with Crippen LogP contribution in [0.3, 0.4) is 0 Å². The van der Waals surface area contributed by atoms with Crippen molar-refractivity contribution >= 4 is 16.9 Å². The zero-order valence-electron chi connectivity index (χ0n) is 14.3. The molecular formula is C20H18N2O4. The molecular weight excluding hydrogens is 332 g/mol. The van der Waals surface area contributed by atoms with E-state index < -0.39 is 5.54 Å². The van der Waals surface area contributed by atoms with Crippen LogP contribution in [0.4, 0.5) is 0 Å². The van der Waals surface area contributed by atoms with Crippen molar-refractivity contribution in [1.29, 1.82) is 0 Å². The van der Waals surface area contributed by atoms with Gasteiger partial charge in [0.1, 0.15) is 11.5 Å². The van der Waals surface area contributed by atoms with Crippen molar-refractivity contribution in [2.24, 2.45) is 0 Å². The van der Waals surface area contributed by atoms with Crippen molar-refractivity contribution in [3.8, 4) is 11.5 Å². The number of aromatic nitrogens is 1. The number of esters is 1. The topological polar surface area (TPSA) is 72.6 Å². The lowest BCUT2D eigenvalue weighted by Crippen LogP contribution is -2.54. The molecule has 0 radical (unpaired) electrons. The molecule has 132 valence electrons. The Morgan fingerprint density at radius 1 is 1.19 bits per heavy atom. The van der Waals surface area contributed by atoms with Gasteiger partial charge in [-0.1, -0.05) is 18.2 Å². The van der Waals surface area contributed by atoms with E-state index in [4.69, 9.17) is 14.2 Å². The molecule has 2 bridgehead atoms. The highest BCUT2D eigenvalue weighted by Crippen LogP contribution is 2.44. The number of fused-ring (bicyclic) bond motifs is 5. The highest BCUT2D eigenvalue weighted by Gasteiger charge is 2.50. The standard InChI is InChI=1S/C20H18N2O4/c1-24-19(23)20(15-7-6-12-10-17(15)26-11-25-12)18-14(8-9-21-20)13-4-2-3-5-16(13)22-18/h2-7,10,21-22H,8-9,11H2,1H3. The van der Waals surface area contributed by atoms with E-state index in [1.807, 2.05) is 36.4 Å². The average molecular weight is 350 g/mol. The fraction of sp³-hybridized carbons (Fsp3) is 0.250. The number of methoxy groups -OCH3 is 1. The summed E-state index contributed by atoms with van der Waals surface area (Å²) < 4.78 is 16.3. The molecule has 1 unspecified atom stereocenters. The summed E-state index contributed by atoms with van der Waals surface area (Å²) >= 11 is 0. The summed E-state index contributed by atoms with van der Waals surface area (Å²) in [6, 6.07) is 13.6. The maximum Gasteiger partial charge on any atom is 0.337 e. The minimum Gasteiger partial charge on any atom is -0.467 e. The summed E-state index contributed by atoms with van der Waals surface area (Å²) in [4.78, 5) is 16.6. The molecule has 0 saturated heterocycles. The first-order valence-corrected chi connectivity index (χ1v) is 8.57. The molecule has 6 nitrogen and oxygen atoms in total. The van der Waals surface area contributed by atoms with Gasteiger partial charge in [-0.15, -0.1) is 0 Å². The molecule has 2 aromatic carbocycles. The maximum absolute atomic E-state index is 13.1. The van der Waals surface area contributed by atoms with Gasteiger partial charge in [-0.2, -0.15) is 0 Å². The van der Waals surface area contributed by atoms with Crippen LogP contribution < -0.4 is 14.8 Å². The molecule has 0 fully saturated rings. The summed E-state index contributed by atoms with van der Waals surface area (Å²) in [7, 11) is 1.41. The zero-order valence-corrected chi connectivity index (χ0v) is 14.3. The number of nitrogens with one attached hydrogen (secondary N) is 2. The highest BCUT2D eigenvalue weighted by molar-refractivity contribution is 5.93. The predicted octanol–water partition coefficient (Wildman–Crippen LogP) is 2.46. The predicted molar refractivity (Wildman–Crippen MR) is 95.4 cm³/mol. The number of H-pyrrole nitrogens is 1. The normalized spacial score (nSPS) is 20.8. The van der Waals surface area contributed by atoms with Crippen molar-refractivity contribution in [3.05, 3.63) is 59.3 Å². The van der Waals surface area contributed by atoms with E-state index in [1.165, 1.54) is 7.11 Å². The second-order valence-corrected chi connectivity index (χ2v) is 6.51. The minimum absolute atomic E-state index is 0.131. The van der Waals surface area contributed by atoms with Crippen LogP contribution in [0, 0.1) is 0 Å². The van der Waals surface area contributed by atoms with Gasteiger partial charge >= 0.3 is 5.97 Å². The number of hydrogen-bond donors (Lipinski definition) is 2. The van der Waals surface area contributed by atoms with E-state index in [0.29, 0.717) is 12.3 Å². The molecule has 3 heterocycles. The van der Waals surface area contributed by atoms with Crippen LogP contribution in [0.5, 0.6) is 11.5 Å². The Kier molecular flexibility index (Phi) is 3.24. The lowest BCUT2D eigenvalue weighted by molar-refractivity contribution is -0.147. The second-order valence-electron chi connectivity index (χ2n) is 6.51. The molecule has 3 aromatic rings. The van der Waals surface area contributed by atoms with Crippen LogP contribution in [0.1, 0.15) is 16.8 Å². The quantitative estimate of drug-likeness (QED) is 0.695. The van der Waals surface area contributed by atoms with Gasteiger partial charge in [-0.25, -0.2) is 4.79 Å². The number of benzene rings is 2. The van der Waals surface area contributed by atoms with Gasteiger partial charge in [0.15, 0.2) is 5.54 Å². The molecule has 2 aliphatic heterocycles. The van der Waals surface area contributed by atoms with Crippen LogP contribution in [0.15, 0.2) is 42.5 Å². The van der Waals surface area contributed by atoms with Gasteiger partial charge in [0.25, 0.3) is 0 Å². The summed E-state index contributed by atoms with van der Waals surface area (Å²) in [5, 5.41) is 4.54. The number of aromatic amines is 1. The third-order valence-electron chi connectivity index (χ3n) is 5.24. The summed E-state index contributed by atoms with van der Waals surface area (Å²) in [5.74, 6) is 0.977. The van der Waals surface area contributed by atoms with Gasteiger partial charge in [-0.3, -0.25) is 5.32 Å². The maximum atomic E-state index is 13.1. The average Bonchev–Trinajstić information content (AvgIpc) is 3.07. The molecule has 2 aliphatic rings. The number of ether oxygens (including phenoxy) is 3. The van der Waals surface area contributed by atoms with E-state index in [1.54, 1.807) is 0 Å². The van der Waals surface area contributed by atoms with Gasteiger partial charge in [-0.05, 0) is 30.2 Å². The Morgan fingerprint density at radius 2 is 2.08 bits per heavy atom. The van der Waals surface area contributed by atoms with Crippen LogP contribution in [-0.4, -0.2) is 31.4 Å². The Morgan fingerprint density at radius 3 is 2.96 bits per heavy atom. The van der Waals surface area contributed by atoms with Crippen LogP contribution in [0.25, 0.3) is 10.9 Å². The fourth-order valence-electron chi connectivity index (χ4n) is 4.09. The molecule has 5 rings (SSSR count). The molecule has 1 aromatic heterocycles. The van der Waals surface area contributed by atoms with Gasteiger partial charge in [0, 0.05) is 29.1 Å². The Balaban J connectivity index is 1.83. The van der Waals surface area contributed by atoms with Crippen molar-refractivity contribution in [2.75, 3.05) is 20.4 Å². The lowest BCUT2D eigenvalue weighted by Gasteiger charge is -2.37. The number of para-hydroxylation sites is 1. The van der Waals surface area contributed by atoms with E-state index in [0.717, 1.165) is 39.9 Å². The molecule has 26 heavy (non-hydrogen) atoms. The molecule has 0 saturated carbocycles. The smallest absolute Gasteiger partial charge is 0.337 e. The lowest BCUT2D eigenvalue weighted by atomic mass is 9.80. The van der Waals surface area contributed by atoms with Crippen molar-refractivity contribution < 1.29 is 19.0 Å². The van der Waals surface area contributed by atoms with Crippen LogP contribution in [-0.2, 0) is 21.5 Å². The first-order chi connectivity index (χ1) is 12.7. The first-order valence-electron chi connectivity index (χ1n) is 8.57. The van der Waals surface area contributed by atoms with Gasteiger partial charge in [0.05, 0.1) is 12.8 Å². The summed E-state index contributed by atoms with van der Waals surface area (Å²) in [6.45, 7) is 0.785. The highest BCUT2D eigenvalue weighted by atomic mass is 16.7. The molecule has 1 atom stereocenters. The zero-order chi connectivity index (χ0) is 17.7. The van der Waals surface area contributed by atoms with E-state index in [-0.39, 0.29) is 12.8 Å². The summed E-state index contributed by atoms with van der Waals surface area (Å²) in [5.41, 5.74) is 2.53. The molecule has 6 heteroatoms. The molecule has 0 aliphatic carbocycles. The van der Waals surface area contributed by atoms with Gasteiger partial charge < -0.3 is 19.2 Å². The number of hydrogen-bond acceptors (Lipinski definition) is 5. The van der Waals surface area contributed by atoms with E-state index in [9.17, 15) is 4.79 Å². The fourth-order valence-corrected chi connectivity index (χ4v) is 4.09. The van der Waals surface area contributed by atoms with Crippen molar-refractivity contribution in [2.45, 2.75) is 12.0 Å². The number of rotatable bonds is 2. The van der Waals surface area contributed by atoms with Crippen molar-refractivity contribution in [3.63, 3.8) is 0 Å². The van der Waals surface area contributed by atoms with E-state index in [2.05, 4.69) is 16.4 Å². The Labute approximate surface area is 150 Å². The third kappa shape index (κ3) is 1.93. The Hall–Kier alpha value is -2.99. The molecule has 2 N–H and O–H groups in total. The monoisotopic (exact) mass is 350 g/mol. The first kappa shape index (κ1) is 15.3. The van der Waals surface area contributed by atoms with Gasteiger partial charge in [0.2, 0.25) is 6.79 Å². The number of carbonyl (C=O) groups excluding carboxylic acids is 1. The SMILES string of the molecule is COC(=O)C1(c2ccc3cc2OCO3)NCCc2c1[nH]c1ccccc21. The molecule has 0 amide bonds. The Bertz CT molecular complexity index is 1030. The second kappa shape index (κ2) is 5.51. The van der Waals surface area contributed by atoms with Crippen LogP contribution in [0.2, 0.25) is 0 Å². The number of carbonyl (C=O) groups is 1. The van der Waals surface area contributed by atoms with Crippen LogP contribution >= 0.6 is 0 Å². The van der Waals surface area contributed by atoms with Crippen molar-refractivity contribution in [1.82, 2.24) is 10.3 Å². The largest absolute Gasteiger partial charge is 0.467 e. The summed E-state index contributed by atoms with van der Waals surface area (Å²) in [6.07, 6.45) is 0.829.